The van der Waals surface area contributed by atoms with Gasteiger partial charge in [-0.2, -0.15) is 4.31 Å². The number of nitrogens with one attached hydrogen (secondary N) is 1. The van der Waals surface area contributed by atoms with Crippen LogP contribution in [0.15, 0.2) is 53.4 Å². The zero-order valence-corrected chi connectivity index (χ0v) is 17.8. The molecule has 0 radical (unpaired) electrons. The Morgan fingerprint density at radius 1 is 1.10 bits per heavy atom. The number of carbonyl (C=O) groups is 1. The number of rotatable bonds is 6. The van der Waals surface area contributed by atoms with Gasteiger partial charge in [-0.25, -0.2) is 13.4 Å². The van der Waals surface area contributed by atoms with E-state index >= 15 is 0 Å². The van der Waals surface area contributed by atoms with E-state index in [0.29, 0.717) is 23.8 Å². The largest absolute Gasteiger partial charge is 0.298 e. The highest BCUT2D eigenvalue weighted by molar-refractivity contribution is 7.89. The lowest BCUT2D eigenvalue weighted by atomic mass is 10.1. The molecule has 2 aromatic carbocycles. The van der Waals surface area contributed by atoms with Crippen LogP contribution in [0.3, 0.4) is 0 Å². The number of anilines is 1. The van der Waals surface area contributed by atoms with Crippen LogP contribution in [-0.2, 0) is 16.4 Å². The van der Waals surface area contributed by atoms with Crippen molar-refractivity contribution in [2.45, 2.75) is 25.2 Å². The first kappa shape index (κ1) is 19.8. The molecule has 0 fully saturated rings. The van der Waals surface area contributed by atoms with Gasteiger partial charge in [0.15, 0.2) is 5.13 Å². The van der Waals surface area contributed by atoms with Crippen LogP contribution in [-0.4, -0.2) is 36.7 Å². The van der Waals surface area contributed by atoms with E-state index in [9.17, 15) is 13.2 Å². The Hall–Kier alpha value is -2.55. The minimum Gasteiger partial charge on any atom is -0.298 e. The Morgan fingerprint density at radius 3 is 2.48 bits per heavy atom. The molecule has 0 saturated carbocycles. The number of benzene rings is 2. The molecule has 1 aliphatic rings. The molecule has 1 N–H and O–H groups in total. The minimum atomic E-state index is -3.54. The first-order valence-corrected chi connectivity index (χ1v) is 11.7. The maximum absolute atomic E-state index is 12.6. The van der Waals surface area contributed by atoms with Crippen molar-refractivity contribution in [2.24, 2.45) is 0 Å². The highest BCUT2D eigenvalue weighted by atomic mass is 32.2. The first-order chi connectivity index (χ1) is 13.9. The fourth-order valence-corrected chi connectivity index (χ4v) is 5.93. The summed E-state index contributed by atoms with van der Waals surface area (Å²) in [7, 11) is -3.54. The summed E-state index contributed by atoms with van der Waals surface area (Å²) in [5.74, 6) is -0.308. The topological polar surface area (TPSA) is 79.4 Å². The van der Waals surface area contributed by atoms with E-state index in [1.807, 2.05) is 18.2 Å². The number of thiazole rings is 1. The second kappa shape index (κ2) is 7.70. The standard InChI is InChI=1S/C21H21N3O3S2/c1-3-24(4-2)29(26,27)16-11-9-14(10-12-16)20(25)23-21-22-19-17-8-6-5-7-15(17)13-18(19)28-21/h5-12H,3-4,13H2,1-2H3,(H,22,23,25). The fraction of sp³-hybridized carbons (Fsp3) is 0.238. The molecule has 1 heterocycles. The van der Waals surface area contributed by atoms with Crippen LogP contribution in [0.1, 0.15) is 34.6 Å². The van der Waals surface area contributed by atoms with Crippen LogP contribution in [0, 0.1) is 0 Å². The van der Waals surface area contributed by atoms with Crippen LogP contribution in [0.2, 0.25) is 0 Å². The molecule has 0 spiro atoms. The molecule has 1 amide bonds. The molecule has 0 aliphatic heterocycles. The Kier molecular flexibility index (Phi) is 5.24. The van der Waals surface area contributed by atoms with Crippen molar-refractivity contribution in [1.29, 1.82) is 0 Å². The number of aromatic nitrogens is 1. The van der Waals surface area contributed by atoms with E-state index in [-0.39, 0.29) is 10.8 Å². The Morgan fingerprint density at radius 2 is 1.79 bits per heavy atom. The third kappa shape index (κ3) is 3.59. The fourth-order valence-electron chi connectivity index (χ4n) is 3.47. The molecular weight excluding hydrogens is 406 g/mol. The van der Waals surface area contributed by atoms with E-state index in [0.717, 1.165) is 22.6 Å². The second-order valence-corrected chi connectivity index (χ2v) is 9.71. The van der Waals surface area contributed by atoms with Gasteiger partial charge in [0.1, 0.15) is 0 Å². The van der Waals surface area contributed by atoms with E-state index < -0.39 is 10.0 Å². The molecule has 0 unspecified atom stereocenters. The van der Waals surface area contributed by atoms with Crippen LogP contribution in [0.5, 0.6) is 0 Å². The maximum Gasteiger partial charge on any atom is 0.257 e. The number of hydrogen-bond acceptors (Lipinski definition) is 5. The quantitative estimate of drug-likeness (QED) is 0.504. The normalized spacial score (nSPS) is 12.7. The van der Waals surface area contributed by atoms with E-state index in [1.165, 1.54) is 45.5 Å². The van der Waals surface area contributed by atoms with Crippen molar-refractivity contribution in [2.75, 3.05) is 18.4 Å². The van der Waals surface area contributed by atoms with Gasteiger partial charge in [-0.15, -0.1) is 11.3 Å². The zero-order chi connectivity index (χ0) is 20.6. The molecule has 0 atom stereocenters. The summed E-state index contributed by atoms with van der Waals surface area (Å²) in [4.78, 5) is 18.5. The molecule has 1 aromatic heterocycles. The van der Waals surface area contributed by atoms with E-state index in [1.54, 1.807) is 13.8 Å². The summed E-state index contributed by atoms with van der Waals surface area (Å²) in [6.07, 6.45) is 0.830. The van der Waals surface area contributed by atoms with Gasteiger partial charge in [0.05, 0.1) is 10.6 Å². The lowest BCUT2D eigenvalue weighted by Crippen LogP contribution is -2.30. The first-order valence-electron chi connectivity index (χ1n) is 9.43. The zero-order valence-electron chi connectivity index (χ0n) is 16.2. The number of sulfonamides is 1. The van der Waals surface area contributed by atoms with Crippen molar-refractivity contribution < 1.29 is 13.2 Å². The third-order valence-corrected chi connectivity index (χ3v) is 8.04. The number of hydrogen-bond donors (Lipinski definition) is 1. The molecule has 6 nitrogen and oxygen atoms in total. The van der Waals surface area contributed by atoms with Crippen LogP contribution in [0.25, 0.3) is 11.3 Å². The molecule has 4 rings (SSSR count). The van der Waals surface area contributed by atoms with Crippen molar-refractivity contribution in [1.82, 2.24) is 9.29 Å². The van der Waals surface area contributed by atoms with Gasteiger partial charge in [0.25, 0.3) is 5.91 Å². The Labute approximate surface area is 174 Å². The Bertz CT molecular complexity index is 1160. The monoisotopic (exact) mass is 427 g/mol. The highest BCUT2D eigenvalue weighted by Gasteiger charge is 2.24. The summed E-state index contributed by atoms with van der Waals surface area (Å²) in [5, 5.41) is 3.38. The van der Waals surface area contributed by atoms with Gasteiger partial charge in [-0.3, -0.25) is 10.1 Å². The molecule has 150 valence electrons. The van der Waals surface area contributed by atoms with Crippen molar-refractivity contribution >= 4 is 32.4 Å². The van der Waals surface area contributed by atoms with Gasteiger partial charge >= 0.3 is 0 Å². The summed E-state index contributed by atoms with van der Waals surface area (Å²) >= 11 is 1.47. The predicted octanol–water partition coefficient (Wildman–Crippen LogP) is 4.00. The Balaban J connectivity index is 1.51. The number of nitrogens with zero attached hydrogens (tertiary/aromatic N) is 2. The summed E-state index contributed by atoms with van der Waals surface area (Å²) in [6, 6.07) is 14.1. The average molecular weight is 428 g/mol. The predicted molar refractivity (Wildman–Crippen MR) is 115 cm³/mol. The molecule has 3 aromatic rings. The van der Waals surface area contributed by atoms with E-state index in [4.69, 9.17) is 0 Å². The maximum atomic E-state index is 12.6. The molecule has 8 heteroatoms. The van der Waals surface area contributed by atoms with Crippen molar-refractivity contribution in [3.63, 3.8) is 0 Å². The van der Waals surface area contributed by atoms with E-state index in [2.05, 4.69) is 16.4 Å². The SMILES string of the molecule is CCN(CC)S(=O)(=O)c1ccc(C(=O)Nc2nc3c(s2)Cc2ccccc2-3)cc1. The second-order valence-electron chi connectivity index (χ2n) is 6.69. The lowest BCUT2D eigenvalue weighted by Gasteiger charge is -2.18. The smallest absolute Gasteiger partial charge is 0.257 e. The van der Waals surface area contributed by atoms with Gasteiger partial charge < -0.3 is 0 Å². The summed E-state index contributed by atoms with van der Waals surface area (Å²) < 4.78 is 26.5. The lowest BCUT2D eigenvalue weighted by molar-refractivity contribution is 0.102. The van der Waals surface area contributed by atoms with Crippen LogP contribution < -0.4 is 5.32 Å². The minimum absolute atomic E-state index is 0.183. The van der Waals surface area contributed by atoms with Crippen molar-refractivity contribution in [3.05, 3.63) is 64.5 Å². The van der Waals surface area contributed by atoms with Crippen molar-refractivity contribution in [3.8, 4) is 11.3 Å². The number of amides is 1. The van der Waals surface area contributed by atoms with Gasteiger partial charge in [0.2, 0.25) is 10.0 Å². The van der Waals surface area contributed by atoms with Gasteiger partial charge in [-0.1, -0.05) is 38.1 Å². The van der Waals surface area contributed by atoms with Crippen LogP contribution in [0.4, 0.5) is 5.13 Å². The number of fused-ring (bicyclic) bond motifs is 3. The highest BCUT2D eigenvalue weighted by Crippen LogP contribution is 2.40. The molecule has 29 heavy (non-hydrogen) atoms. The average Bonchev–Trinajstić information content (AvgIpc) is 3.26. The summed E-state index contributed by atoms with van der Waals surface area (Å²) in [6.45, 7) is 4.40. The summed E-state index contributed by atoms with van der Waals surface area (Å²) in [5.41, 5.74) is 3.69. The molecular formula is C21H21N3O3S2. The number of carbonyl (C=O) groups excluding carboxylic acids is 1. The molecule has 0 bridgehead atoms. The van der Waals surface area contributed by atoms with Gasteiger partial charge in [-0.05, 0) is 29.8 Å². The molecule has 0 saturated heterocycles. The van der Waals surface area contributed by atoms with Gasteiger partial charge in [0, 0.05) is 35.5 Å². The third-order valence-electron chi connectivity index (χ3n) is 5.00. The molecule has 1 aliphatic carbocycles. The van der Waals surface area contributed by atoms with Crippen LogP contribution >= 0.6 is 11.3 Å².